The van der Waals surface area contributed by atoms with E-state index in [1.807, 2.05) is 18.2 Å². The largest absolute Gasteiger partial charge is 0.486 e. The van der Waals surface area contributed by atoms with Crippen molar-refractivity contribution in [3.63, 3.8) is 0 Å². The van der Waals surface area contributed by atoms with Crippen molar-refractivity contribution in [1.82, 2.24) is 5.32 Å². The molecule has 1 fully saturated rings. The molecule has 2 aliphatic rings. The van der Waals surface area contributed by atoms with E-state index >= 15 is 0 Å². The highest BCUT2D eigenvalue weighted by molar-refractivity contribution is 5.44. The summed E-state index contributed by atoms with van der Waals surface area (Å²) < 4.78 is 11.0. The minimum Gasteiger partial charge on any atom is -0.486 e. The van der Waals surface area contributed by atoms with Gasteiger partial charge in [0.2, 0.25) is 0 Å². The van der Waals surface area contributed by atoms with Crippen molar-refractivity contribution in [3.05, 3.63) is 23.8 Å². The van der Waals surface area contributed by atoms with Crippen LogP contribution in [0.2, 0.25) is 0 Å². The Morgan fingerprint density at radius 1 is 1.24 bits per heavy atom. The molecule has 1 aromatic rings. The summed E-state index contributed by atoms with van der Waals surface area (Å²) in [7, 11) is 0. The van der Waals surface area contributed by atoms with Gasteiger partial charge >= 0.3 is 0 Å². The molecule has 2 atom stereocenters. The fraction of sp³-hybridized carbons (Fsp3) is 0.462. The van der Waals surface area contributed by atoms with E-state index in [-0.39, 0.29) is 12.0 Å². The van der Waals surface area contributed by atoms with Crippen LogP contribution >= 0.6 is 0 Å². The van der Waals surface area contributed by atoms with Gasteiger partial charge in [0, 0.05) is 12.6 Å². The summed E-state index contributed by atoms with van der Waals surface area (Å²) in [5.41, 5.74) is 1.17. The Kier molecular flexibility index (Phi) is 2.62. The highest BCUT2D eigenvalue weighted by atomic mass is 16.6. The lowest BCUT2D eigenvalue weighted by Crippen LogP contribution is -2.17. The van der Waals surface area contributed by atoms with E-state index in [0.717, 1.165) is 24.5 Å². The molecule has 0 radical (unpaired) electrons. The minimum atomic E-state index is 0.119. The standard InChI is InChI=1S/C13H14N2O2/c14-7-9-5-11(15-8-9)10-1-2-12-13(6-10)17-4-3-16-12/h1-2,6,9,11,15H,3-5,8H2. The van der Waals surface area contributed by atoms with Crippen LogP contribution < -0.4 is 14.8 Å². The van der Waals surface area contributed by atoms with Crippen molar-refractivity contribution in [3.8, 4) is 17.6 Å². The molecule has 1 N–H and O–H groups in total. The van der Waals surface area contributed by atoms with Crippen LogP contribution in [0.15, 0.2) is 18.2 Å². The Morgan fingerprint density at radius 2 is 2.06 bits per heavy atom. The molecule has 0 aromatic heterocycles. The van der Waals surface area contributed by atoms with Crippen LogP contribution in [0.25, 0.3) is 0 Å². The molecular formula is C13H14N2O2. The molecule has 0 aliphatic carbocycles. The zero-order valence-corrected chi connectivity index (χ0v) is 9.48. The van der Waals surface area contributed by atoms with Gasteiger partial charge in [-0.3, -0.25) is 0 Å². The summed E-state index contributed by atoms with van der Waals surface area (Å²) in [6.07, 6.45) is 0.871. The molecule has 1 saturated heterocycles. The predicted octanol–water partition coefficient (Wildman–Crippen LogP) is 1.63. The van der Waals surface area contributed by atoms with Crippen LogP contribution in [0.3, 0.4) is 0 Å². The number of nitrogens with zero attached hydrogens (tertiary/aromatic N) is 1. The van der Waals surface area contributed by atoms with Gasteiger partial charge in [-0.2, -0.15) is 5.26 Å². The van der Waals surface area contributed by atoms with E-state index in [0.29, 0.717) is 13.2 Å². The maximum Gasteiger partial charge on any atom is 0.161 e. The van der Waals surface area contributed by atoms with Crippen molar-refractivity contribution in [1.29, 1.82) is 5.26 Å². The van der Waals surface area contributed by atoms with Crippen molar-refractivity contribution >= 4 is 0 Å². The number of fused-ring (bicyclic) bond motifs is 1. The average molecular weight is 230 g/mol. The number of nitriles is 1. The first-order valence-electron chi connectivity index (χ1n) is 5.89. The van der Waals surface area contributed by atoms with Crippen LogP contribution in [0, 0.1) is 17.2 Å². The second kappa shape index (κ2) is 4.27. The van der Waals surface area contributed by atoms with Gasteiger partial charge in [-0.25, -0.2) is 0 Å². The predicted molar refractivity (Wildman–Crippen MR) is 61.9 cm³/mol. The van der Waals surface area contributed by atoms with E-state index in [9.17, 15) is 0 Å². The zero-order valence-electron chi connectivity index (χ0n) is 9.48. The van der Waals surface area contributed by atoms with Crippen molar-refractivity contribution in [2.75, 3.05) is 19.8 Å². The third-order valence-electron chi connectivity index (χ3n) is 3.28. The average Bonchev–Trinajstić information content (AvgIpc) is 2.87. The Balaban J connectivity index is 1.82. The number of rotatable bonds is 1. The highest BCUT2D eigenvalue weighted by Gasteiger charge is 2.26. The number of ether oxygens (including phenoxy) is 2. The second-order valence-corrected chi connectivity index (χ2v) is 4.43. The summed E-state index contributed by atoms with van der Waals surface area (Å²) in [5.74, 6) is 1.75. The molecule has 88 valence electrons. The van der Waals surface area contributed by atoms with Crippen molar-refractivity contribution in [2.24, 2.45) is 5.92 Å². The lowest BCUT2D eigenvalue weighted by molar-refractivity contribution is 0.171. The quantitative estimate of drug-likeness (QED) is 0.796. The first-order chi connectivity index (χ1) is 8.36. The van der Waals surface area contributed by atoms with Gasteiger partial charge in [0.05, 0.1) is 12.0 Å². The van der Waals surface area contributed by atoms with Gasteiger partial charge in [-0.1, -0.05) is 6.07 Å². The monoisotopic (exact) mass is 230 g/mol. The van der Waals surface area contributed by atoms with E-state index < -0.39 is 0 Å². The molecule has 4 heteroatoms. The highest BCUT2D eigenvalue weighted by Crippen LogP contribution is 2.35. The molecular weight excluding hydrogens is 216 g/mol. The van der Waals surface area contributed by atoms with Crippen LogP contribution in [0.4, 0.5) is 0 Å². The molecule has 2 heterocycles. The first-order valence-corrected chi connectivity index (χ1v) is 5.89. The molecule has 17 heavy (non-hydrogen) atoms. The fourth-order valence-corrected chi connectivity index (χ4v) is 2.36. The van der Waals surface area contributed by atoms with Crippen molar-refractivity contribution < 1.29 is 9.47 Å². The Hall–Kier alpha value is -1.73. The molecule has 2 unspecified atom stereocenters. The van der Waals surface area contributed by atoms with E-state index in [1.165, 1.54) is 5.56 Å². The van der Waals surface area contributed by atoms with Gasteiger partial charge in [0.1, 0.15) is 13.2 Å². The number of benzene rings is 1. The van der Waals surface area contributed by atoms with Crippen LogP contribution in [-0.2, 0) is 0 Å². The summed E-state index contributed by atoms with van der Waals surface area (Å²) in [4.78, 5) is 0. The molecule has 2 aliphatic heterocycles. The van der Waals surface area contributed by atoms with Crippen molar-refractivity contribution in [2.45, 2.75) is 12.5 Å². The summed E-state index contributed by atoms with van der Waals surface area (Å²) in [6.45, 7) is 2.00. The molecule has 0 bridgehead atoms. The van der Waals surface area contributed by atoms with Crippen LogP contribution in [0.1, 0.15) is 18.0 Å². The smallest absolute Gasteiger partial charge is 0.161 e. The van der Waals surface area contributed by atoms with Gasteiger partial charge in [0.15, 0.2) is 11.5 Å². The number of hydrogen-bond donors (Lipinski definition) is 1. The molecule has 0 saturated carbocycles. The van der Waals surface area contributed by atoms with Gasteiger partial charge < -0.3 is 14.8 Å². The van der Waals surface area contributed by atoms with Crippen LogP contribution in [-0.4, -0.2) is 19.8 Å². The van der Waals surface area contributed by atoms with Gasteiger partial charge in [-0.15, -0.1) is 0 Å². The molecule has 0 amide bonds. The van der Waals surface area contributed by atoms with E-state index in [2.05, 4.69) is 11.4 Å². The SMILES string of the molecule is N#CC1CNC(c2ccc3c(c2)OCCO3)C1. The third-order valence-corrected chi connectivity index (χ3v) is 3.28. The maximum atomic E-state index is 8.89. The molecule has 0 spiro atoms. The molecule has 4 nitrogen and oxygen atoms in total. The maximum absolute atomic E-state index is 8.89. The fourth-order valence-electron chi connectivity index (χ4n) is 2.36. The topological polar surface area (TPSA) is 54.3 Å². The first kappa shape index (κ1) is 10.4. The second-order valence-electron chi connectivity index (χ2n) is 4.43. The van der Waals surface area contributed by atoms with Gasteiger partial charge in [-0.05, 0) is 24.1 Å². The Morgan fingerprint density at radius 3 is 2.82 bits per heavy atom. The Labute approximate surface area is 100 Å². The molecule has 1 aromatic carbocycles. The van der Waals surface area contributed by atoms with E-state index in [4.69, 9.17) is 14.7 Å². The number of nitrogens with one attached hydrogen (secondary N) is 1. The van der Waals surface area contributed by atoms with E-state index in [1.54, 1.807) is 0 Å². The summed E-state index contributed by atoms with van der Waals surface area (Å²) in [5, 5.41) is 12.2. The number of hydrogen-bond acceptors (Lipinski definition) is 4. The summed E-state index contributed by atoms with van der Waals surface area (Å²) in [6, 6.07) is 8.58. The third kappa shape index (κ3) is 1.94. The molecule has 3 rings (SSSR count). The minimum absolute atomic E-state index is 0.119. The summed E-state index contributed by atoms with van der Waals surface area (Å²) >= 11 is 0. The van der Waals surface area contributed by atoms with Gasteiger partial charge in [0.25, 0.3) is 0 Å². The normalized spacial score (nSPS) is 26.5. The Bertz CT molecular complexity index is 467. The zero-order chi connectivity index (χ0) is 11.7. The lowest BCUT2D eigenvalue weighted by atomic mass is 10.0. The lowest BCUT2D eigenvalue weighted by Gasteiger charge is -2.20. The van der Waals surface area contributed by atoms with Crippen LogP contribution in [0.5, 0.6) is 11.5 Å².